The highest BCUT2D eigenvalue weighted by Gasteiger charge is 2.16. The van der Waals surface area contributed by atoms with Crippen LogP contribution in [0.2, 0.25) is 0 Å². The third-order valence-corrected chi connectivity index (χ3v) is 4.51. The van der Waals surface area contributed by atoms with Crippen molar-refractivity contribution in [2.45, 2.75) is 6.92 Å². The van der Waals surface area contributed by atoms with Crippen molar-refractivity contribution in [3.8, 4) is 5.69 Å². The number of nitrogens with one attached hydrogen (secondary N) is 1. The van der Waals surface area contributed by atoms with Gasteiger partial charge in [-0.25, -0.2) is 4.39 Å². The molecule has 0 atom stereocenters. The standard InChI is InChI=1S/C18H14FN5/c1-10-5-14-11(9-23(2)22-14)6-16(10)24-15-4-3-12(19)7-13(15)18-17(24)8-20-21-18/h3-9H,1-2H3,(H,20,21). The molecule has 5 nitrogen and oxygen atoms in total. The summed E-state index contributed by atoms with van der Waals surface area (Å²) in [7, 11) is 1.91. The van der Waals surface area contributed by atoms with Gasteiger partial charge < -0.3 is 4.57 Å². The van der Waals surface area contributed by atoms with Gasteiger partial charge in [0.2, 0.25) is 0 Å². The molecule has 3 aromatic heterocycles. The number of nitrogens with zero attached hydrogens (tertiary/aromatic N) is 4. The summed E-state index contributed by atoms with van der Waals surface area (Å²) in [5.41, 5.74) is 5.84. The van der Waals surface area contributed by atoms with Crippen LogP contribution >= 0.6 is 0 Å². The number of rotatable bonds is 1. The number of fused-ring (bicyclic) bond motifs is 4. The summed E-state index contributed by atoms with van der Waals surface area (Å²) < 4.78 is 17.6. The van der Waals surface area contributed by atoms with E-state index in [1.54, 1.807) is 12.3 Å². The molecule has 0 spiro atoms. The first-order chi connectivity index (χ1) is 11.6. The maximum Gasteiger partial charge on any atom is 0.124 e. The first-order valence-corrected chi connectivity index (χ1v) is 7.69. The molecule has 0 unspecified atom stereocenters. The van der Waals surface area contributed by atoms with Gasteiger partial charge in [0.25, 0.3) is 0 Å². The van der Waals surface area contributed by atoms with Crippen LogP contribution in [0.4, 0.5) is 4.39 Å². The van der Waals surface area contributed by atoms with Crippen LogP contribution in [-0.2, 0) is 7.05 Å². The van der Waals surface area contributed by atoms with E-state index in [4.69, 9.17) is 0 Å². The minimum absolute atomic E-state index is 0.254. The molecule has 0 bridgehead atoms. The zero-order chi connectivity index (χ0) is 16.4. The lowest BCUT2D eigenvalue weighted by Gasteiger charge is -2.10. The van der Waals surface area contributed by atoms with Crippen molar-refractivity contribution in [3.05, 3.63) is 54.1 Å². The van der Waals surface area contributed by atoms with E-state index in [-0.39, 0.29) is 5.82 Å². The van der Waals surface area contributed by atoms with E-state index in [2.05, 4.69) is 38.9 Å². The first kappa shape index (κ1) is 13.3. The second-order valence-corrected chi connectivity index (χ2v) is 6.13. The smallest absolute Gasteiger partial charge is 0.124 e. The summed E-state index contributed by atoms with van der Waals surface area (Å²) in [5, 5.41) is 13.5. The Hall–Kier alpha value is -3.15. The molecule has 0 aliphatic heterocycles. The summed E-state index contributed by atoms with van der Waals surface area (Å²) in [6, 6.07) is 9.04. The average molecular weight is 319 g/mol. The lowest BCUT2D eigenvalue weighted by atomic mass is 10.1. The number of aromatic amines is 1. The molecular weight excluding hydrogens is 305 g/mol. The Morgan fingerprint density at radius 2 is 2.00 bits per heavy atom. The van der Waals surface area contributed by atoms with Gasteiger partial charge in [-0.15, -0.1) is 0 Å². The summed E-state index contributed by atoms with van der Waals surface area (Å²) in [4.78, 5) is 0. The number of H-pyrrole nitrogens is 1. The van der Waals surface area contributed by atoms with E-state index in [1.807, 2.05) is 24.0 Å². The van der Waals surface area contributed by atoms with Gasteiger partial charge in [0.1, 0.15) is 5.82 Å². The molecule has 24 heavy (non-hydrogen) atoms. The molecular formula is C18H14FN5. The van der Waals surface area contributed by atoms with Gasteiger partial charge in [-0.2, -0.15) is 10.2 Å². The van der Waals surface area contributed by atoms with Crippen LogP contribution in [0.3, 0.4) is 0 Å². The molecule has 0 aliphatic rings. The van der Waals surface area contributed by atoms with E-state index in [0.29, 0.717) is 0 Å². The highest BCUT2D eigenvalue weighted by molar-refractivity contribution is 6.07. The largest absolute Gasteiger partial charge is 0.306 e. The van der Waals surface area contributed by atoms with E-state index in [0.717, 1.165) is 44.1 Å². The number of halogens is 1. The third kappa shape index (κ3) is 1.68. The molecule has 1 N–H and O–H groups in total. The molecule has 5 rings (SSSR count). The molecule has 0 amide bonds. The Kier molecular flexibility index (Phi) is 2.46. The maximum absolute atomic E-state index is 13.7. The molecule has 118 valence electrons. The van der Waals surface area contributed by atoms with Crippen LogP contribution in [0.25, 0.3) is 38.5 Å². The van der Waals surface area contributed by atoms with Gasteiger partial charge in [0.15, 0.2) is 0 Å². The minimum Gasteiger partial charge on any atom is -0.306 e. The maximum atomic E-state index is 13.7. The SMILES string of the molecule is Cc1cc2nn(C)cc2cc1-n1c2ccc(F)cc2c2[nH]ncc21. The molecule has 0 fully saturated rings. The van der Waals surface area contributed by atoms with Gasteiger partial charge in [-0.1, -0.05) is 0 Å². The van der Waals surface area contributed by atoms with Crippen LogP contribution in [-0.4, -0.2) is 24.5 Å². The predicted octanol–water partition coefficient (Wildman–Crippen LogP) is 3.84. The van der Waals surface area contributed by atoms with Crippen molar-refractivity contribution in [2.24, 2.45) is 7.05 Å². The van der Waals surface area contributed by atoms with Gasteiger partial charge in [-0.3, -0.25) is 9.78 Å². The lowest BCUT2D eigenvalue weighted by Crippen LogP contribution is -1.96. The minimum atomic E-state index is -0.254. The highest BCUT2D eigenvalue weighted by Crippen LogP contribution is 2.33. The van der Waals surface area contributed by atoms with Crippen molar-refractivity contribution in [2.75, 3.05) is 0 Å². The Labute approximate surface area is 136 Å². The van der Waals surface area contributed by atoms with Gasteiger partial charge in [0, 0.05) is 24.0 Å². The fourth-order valence-electron chi connectivity index (χ4n) is 3.47. The molecule has 5 aromatic rings. The zero-order valence-electron chi connectivity index (χ0n) is 13.2. The Morgan fingerprint density at radius 1 is 1.12 bits per heavy atom. The van der Waals surface area contributed by atoms with Crippen LogP contribution in [0.15, 0.2) is 42.7 Å². The summed E-state index contributed by atoms with van der Waals surface area (Å²) >= 11 is 0. The lowest BCUT2D eigenvalue weighted by molar-refractivity contribution is 0.629. The van der Waals surface area contributed by atoms with Crippen LogP contribution in [0.1, 0.15) is 5.56 Å². The molecule has 0 saturated carbocycles. The fraction of sp³-hybridized carbons (Fsp3) is 0.111. The van der Waals surface area contributed by atoms with E-state index < -0.39 is 0 Å². The number of hydrogen-bond donors (Lipinski definition) is 1. The predicted molar refractivity (Wildman–Crippen MR) is 91.9 cm³/mol. The van der Waals surface area contributed by atoms with Crippen molar-refractivity contribution < 1.29 is 4.39 Å². The van der Waals surface area contributed by atoms with Crippen LogP contribution in [0, 0.1) is 12.7 Å². The van der Waals surface area contributed by atoms with Gasteiger partial charge >= 0.3 is 0 Å². The normalized spacial score (nSPS) is 12.0. The second-order valence-electron chi connectivity index (χ2n) is 6.13. The molecule has 2 aromatic carbocycles. The first-order valence-electron chi connectivity index (χ1n) is 7.69. The van der Waals surface area contributed by atoms with E-state index >= 15 is 0 Å². The monoisotopic (exact) mass is 319 g/mol. The topological polar surface area (TPSA) is 51.4 Å². The fourth-order valence-corrected chi connectivity index (χ4v) is 3.47. The van der Waals surface area contributed by atoms with Crippen molar-refractivity contribution >= 4 is 32.8 Å². The summed E-state index contributed by atoms with van der Waals surface area (Å²) in [6.45, 7) is 2.06. The quantitative estimate of drug-likeness (QED) is 0.510. The molecule has 6 heteroatoms. The van der Waals surface area contributed by atoms with Crippen LogP contribution in [0.5, 0.6) is 0 Å². The van der Waals surface area contributed by atoms with E-state index in [1.165, 1.54) is 6.07 Å². The Balaban J connectivity index is 1.94. The summed E-state index contributed by atoms with van der Waals surface area (Å²) in [5.74, 6) is -0.254. The van der Waals surface area contributed by atoms with Gasteiger partial charge in [-0.05, 0) is 42.8 Å². The number of aromatic nitrogens is 5. The number of hydrogen-bond acceptors (Lipinski definition) is 2. The van der Waals surface area contributed by atoms with Gasteiger partial charge in [0.05, 0.1) is 34.0 Å². The molecule has 3 heterocycles. The van der Waals surface area contributed by atoms with Crippen molar-refractivity contribution in [1.29, 1.82) is 0 Å². The molecule has 0 aliphatic carbocycles. The average Bonchev–Trinajstić information content (AvgIpc) is 3.20. The summed E-state index contributed by atoms with van der Waals surface area (Å²) in [6.07, 6.45) is 3.77. The Morgan fingerprint density at radius 3 is 2.88 bits per heavy atom. The van der Waals surface area contributed by atoms with Crippen LogP contribution < -0.4 is 0 Å². The number of aryl methyl sites for hydroxylation is 2. The highest BCUT2D eigenvalue weighted by atomic mass is 19.1. The third-order valence-electron chi connectivity index (χ3n) is 4.51. The van der Waals surface area contributed by atoms with Crippen molar-refractivity contribution in [3.63, 3.8) is 0 Å². The Bertz CT molecular complexity index is 1240. The van der Waals surface area contributed by atoms with Crippen molar-refractivity contribution in [1.82, 2.24) is 24.5 Å². The number of benzene rings is 2. The molecule has 0 radical (unpaired) electrons. The zero-order valence-corrected chi connectivity index (χ0v) is 13.2. The second kappa shape index (κ2) is 4.44. The molecule has 0 saturated heterocycles. The van der Waals surface area contributed by atoms with E-state index in [9.17, 15) is 4.39 Å².